The highest BCUT2D eigenvalue weighted by atomic mass is 32.2. The van der Waals surface area contributed by atoms with Crippen LogP contribution in [0.25, 0.3) is 0 Å². The van der Waals surface area contributed by atoms with Crippen LogP contribution in [0.2, 0.25) is 0 Å². The molecule has 4 nitrogen and oxygen atoms in total. The molecule has 0 fully saturated rings. The molecule has 0 radical (unpaired) electrons. The van der Waals surface area contributed by atoms with Gasteiger partial charge in [-0.1, -0.05) is 25.5 Å². The number of thioether (sulfide) groups is 1. The molecule has 92 valence electrons. The lowest BCUT2D eigenvalue weighted by Gasteiger charge is -2.00. The molecule has 0 atom stereocenters. The van der Waals surface area contributed by atoms with Crippen LogP contribution >= 0.6 is 11.8 Å². The number of nitrogens with two attached hydrogens (primary N) is 2. The summed E-state index contributed by atoms with van der Waals surface area (Å²) in [5, 5.41) is 7.29. The molecule has 0 aromatic heterocycles. The molecule has 0 heterocycles. The standard InChI is InChI=1S/C12H18N4S/c1-2-3-8-17-11-6-4-10(5-7-11)9-15-16-12(13)14/h4-7,9H,2-3,8H2,1H3,(H4,13,14,16). The first kappa shape index (κ1) is 13.6. The number of nitrogens with zero attached hydrogens (tertiary/aromatic N) is 2. The van der Waals surface area contributed by atoms with Crippen LogP contribution in [-0.2, 0) is 0 Å². The van der Waals surface area contributed by atoms with Gasteiger partial charge in [-0.3, -0.25) is 0 Å². The SMILES string of the molecule is CCCCSc1ccc(C=NN=C(N)N)cc1. The van der Waals surface area contributed by atoms with Crippen molar-refractivity contribution in [3.63, 3.8) is 0 Å². The first-order chi connectivity index (χ1) is 8.22. The Morgan fingerprint density at radius 2 is 2.00 bits per heavy atom. The minimum Gasteiger partial charge on any atom is -0.369 e. The maximum Gasteiger partial charge on any atom is 0.211 e. The van der Waals surface area contributed by atoms with Gasteiger partial charge in [-0.15, -0.1) is 16.9 Å². The molecular weight excluding hydrogens is 232 g/mol. The van der Waals surface area contributed by atoms with Crippen molar-refractivity contribution in [2.75, 3.05) is 5.75 Å². The number of unbranched alkanes of at least 4 members (excludes halogenated alkanes) is 1. The zero-order valence-electron chi connectivity index (χ0n) is 9.97. The Kier molecular flexibility index (Phi) is 6.17. The van der Waals surface area contributed by atoms with E-state index < -0.39 is 0 Å². The van der Waals surface area contributed by atoms with Crippen LogP contribution in [0.15, 0.2) is 39.4 Å². The highest BCUT2D eigenvalue weighted by molar-refractivity contribution is 7.99. The van der Waals surface area contributed by atoms with Gasteiger partial charge in [0, 0.05) is 4.90 Å². The van der Waals surface area contributed by atoms with E-state index in [1.807, 2.05) is 23.9 Å². The maximum atomic E-state index is 5.16. The molecule has 1 aromatic carbocycles. The third-order valence-corrected chi connectivity index (χ3v) is 3.13. The van der Waals surface area contributed by atoms with Crippen molar-refractivity contribution in [1.29, 1.82) is 0 Å². The van der Waals surface area contributed by atoms with Gasteiger partial charge in [0.2, 0.25) is 5.96 Å². The fraction of sp³-hybridized carbons (Fsp3) is 0.333. The van der Waals surface area contributed by atoms with E-state index in [1.54, 1.807) is 6.21 Å². The lowest BCUT2D eigenvalue weighted by molar-refractivity contribution is 0.896. The van der Waals surface area contributed by atoms with Gasteiger partial charge in [0.25, 0.3) is 0 Å². The molecule has 0 aliphatic rings. The Balaban J connectivity index is 2.50. The molecule has 1 rings (SSSR count). The van der Waals surface area contributed by atoms with Gasteiger partial charge in [0.05, 0.1) is 6.21 Å². The fourth-order valence-corrected chi connectivity index (χ4v) is 2.14. The van der Waals surface area contributed by atoms with Crippen molar-refractivity contribution in [2.24, 2.45) is 21.7 Å². The van der Waals surface area contributed by atoms with E-state index in [9.17, 15) is 0 Å². The molecule has 1 aromatic rings. The molecule has 0 saturated heterocycles. The zero-order chi connectivity index (χ0) is 12.5. The normalized spacial score (nSPS) is 10.6. The molecule has 17 heavy (non-hydrogen) atoms. The third kappa shape index (κ3) is 5.97. The molecule has 0 saturated carbocycles. The first-order valence-electron chi connectivity index (χ1n) is 5.57. The van der Waals surface area contributed by atoms with E-state index in [0.29, 0.717) is 0 Å². The number of hydrogen-bond donors (Lipinski definition) is 2. The topological polar surface area (TPSA) is 76.8 Å². The Morgan fingerprint density at radius 3 is 2.59 bits per heavy atom. The largest absolute Gasteiger partial charge is 0.369 e. The lowest BCUT2D eigenvalue weighted by atomic mass is 10.2. The summed E-state index contributed by atoms with van der Waals surface area (Å²) >= 11 is 1.87. The maximum absolute atomic E-state index is 5.16. The molecule has 0 spiro atoms. The van der Waals surface area contributed by atoms with Gasteiger partial charge in [-0.05, 0) is 29.9 Å². The predicted octanol–water partition coefficient (Wildman–Crippen LogP) is 2.19. The Labute approximate surface area is 106 Å². The Morgan fingerprint density at radius 1 is 1.29 bits per heavy atom. The molecule has 0 bridgehead atoms. The molecule has 0 amide bonds. The second-order valence-corrected chi connectivity index (χ2v) is 4.71. The molecule has 0 aliphatic carbocycles. The summed E-state index contributed by atoms with van der Waals surface area (Å²) < 4.78 is 0. The predicted molar refractivity (Wildman–Crippen MR) is 75.5 cm³/mol. The number of guanidine groups is 1. The fourth-order valence-electron chi connectivity index (χ4n) is 1.15. The van der Waals surface area contributed by atoms with Crippen LogP contribution in [0.5, 0.6) is 0 Å². The average molecular weight is 250 g/mol. The monoisotopic (exact) mass is 250 g/mol. The average Bonchev–Trinajstić information content (AvgIpc) is 2.31. The summed E-state index contributed by atoms with van der Waals surface area (Å²) in [4.78, 5) is 1.28. The van der Waals surface area contributed by atoms with Gasteiger partial charge >= 0.3 is 0 Å². The molecule has 0 unspecified atom stereocenters. The van der Waals surface area contributed by atoms with E-state index in [-0.39, 0.29) is 5.96 Å². The van der Waals surface area contributed by atoms with Crippen LogP contribution in [-0.4, -0.2) is 17.9 Å². The summed E-state index contributed by atoms with van der Waals surface area (Å²) in [7, 11) is 0. The van der Waals surface area contributed by atoms with Crippen LogP contribution in [0.4, 0.5) is 0 Å². The lowest BCUT2D eigenvalue weighted by Crippen LogP contribution is -2.21. The highest BCUT2D eigenvalue weighted by Crippen LogP contribution is 2.19. The van der Waals surface area contributed by atoms with Gasteiger partial charge in [0.15, 0.2) is 0 Å². The third-order valence-electron chi connectivity index (χ3n) is 2.03. The van der Waals surface area contributed by atoms with Crippen molar-refractivity contribution in [2.45, 2.75) is 24.7 Å². The molecule has 4 N–H and O–H groups in total. The molecular formula is C12H18N4S. The second-order valence-electron chi connectivity index (χ2n) is 3.54. The van der Waals surface area contributed by atoms with Crippen LogP contribution in [0.3, 0.4) is 0 Å². The van der Waals surface area contributed by atoms with Crippen molar-refractivity contribution in [3.05, 3.63) is 29.8 Å². The van der Waals surface area contributed by atoms with Crippen LogP contribution in [0.1, 0.15) is 25.3 Å². The van der Waals surface area contributed by atoms with Crippen molar-refractivity contribution in [3.8, 4) is 0 Å². The molecule has 5 heteroatoms. The minimum absolute atomic E-state index is 0.0343. The van der Waals surface area contributed by atoms with E-state index in [1.165, 1.54) is 17.7 Å². The van der Waals surface area contributed by atoms with Crippen LogP contribution in [0, 0.1) is 0 Å². The van der Waals surface area contributed by atoms with Gasteiger partial charge in [0.1, 0.15) is 0 Å². The van der Waals surface area contributed by atoms with Crippen molar-refractivity contribution < 1.29 is 0 Å². The highest BCUT2D eigenvalue weighted by Gasteiger charge is 1.93. The smallest absolute Gasteiger partial charge is 0.211 e. The summed E-state index contributed by atoms with van der Waals surface area (Å²) in [6, 6.07) is 8.16. The minimum atomic E-state index is -0.0343. The summed E-state index contributed by atoms with van der Waals surface area (Å²) in [5.74, 6) is 1.13. The van der Waals surface area contributed by atoms with E-state index in [4.69, 9.17) is 11.5 Å². The summed E-state index contributed by atoms with van der Waals surface area (Å²) in [5.41, 5.74) is 11.3. The van der Waals surface area contributed by atoms with Gasteiger partial charge < -0.3 is 11.5 Å². The number of hydrogen-bond acceptors (Lipinski definition) is 3. The molecule has 0 aliphatic heterocycles. The number of benzene rings is 1. The van der Waals surface area contributed by atoms with E-state index in [0.717, 1.165) is 11.3 Å². The van der Waals surface area contributed by atoms with Gasteiger partial charge in [-0.25, -0.2) is 0 Å². The van der Waals surface area contributed by atoms with E-state index in [2.05, 4.69) is 29.3 Å². The quantitative estimate of drug-likeness (QED) is 0.267. The zero-order valence-corrected chi connectivity index (χ0v) is 10.8. The number of rotatable bonds is 6. The summed E-state index contributed by atoms with van der Waals surface area (Å²) in [6.07, 6.45) is 4.11. The summed E-state index contributed by atoms with van der Waals surface area (Å²) in [6.45, 7) is 2.20. The van der Waals surface area contributed by atoms with Crippen molar-refractivity contribution in [1.82, 2.24) is 0 Å². The van der Waals surface area contributed by atoms with E-state index >= 15 is 0 Å². The Bertz CT molecular complexity index is 380. The first-order valence-corrected chi connectivity index (χ1v) is 6.55. The Hall–Kier alpha value is -1.49. The second kappa shape index (κ2) is 7.73. The van der Waals surface area contributed by atoms with Gasteiger partial charge in [-0.2, -0.15) is 5.10 Å². The van der Waals surface area contributed by atoms with Crippen LogP contribution < -0.4 is 11.5 Å². The van der Waals surface area contributed by atoms with Crippen molar-refractivity contribution >= 4 is 23.9 Å².